The normalized spacial score (nSPS) is 17.8. The highest BCUT2D eigenvalue weighted by Crippen LogP contribution is 2.29. The zero-order valence-electron chi connectivity index (χ0n) is 29.1. The maximum Gasteiger partial charge on any atom is 0.250 e. The number of halogens is 1. The number of hydrogen-bond donors (Lipinski definition) is 2. The molecule has 0 radical (unpaired) electrons. The molecule has 4 rings (SSSR count). The van der Waals surface area contributed by atoms with Gasteiger partial charge in [0.15, 0.2) is 0 Å². The van der Waals surface area contributed by atoms with Crippen LogP contribution in [0.4, 0.5) is 4.39 Å². The minimum Gasteiger partial charge on any atom is -0.496 e. The van der Waals surface area contributed by atoms with Crippen molar-refractivity contribution >= 4 is 5.91 Å². The van der Waals surface area contributed by atoms with Crippen molar-refractivity contribution in [3.63, 3.8) is 0 Å². The Hall–Kier alpha value is -2.82. The van der Waals surface area contributed by atoms with E-state index in [9.17, 15) is 9.18 Å². The molecule has 2 N–H and O–H groups in total. The van der Waals surface area contributed by atoms with Gasteiger partial charge in [-0.25, -0.2) is 4.39 Å². The molecule has 4 nitrogen and oxygen atoms in total. The molecule has 1 saturated carbocycles. The van der Waals surface area contributed by atoms with Gasteiger partial charge in [0.05, 0.1) is 7.11 Å². The topological polar surface area (TPSA) is 50.4 Å². The summed E-state index contributed by atoms with van der Waals surface area (Å²) < 4.78 is 18.9. The van der Waals surface area contributed by atoms with Gasteiger partial charge in [0.1, 0.15) is 18.1 Å². The third-order valence-corrected chi connectivity index (χ3v) is 8.27. The van der Waals surface area contributed by atoms with E-state index in [1.807, 2.05) is 25.1 Å². The number of alkyl halides is 1. The first-order valence-electron chi connectivity index (χ1n) is 17.0. The average Bonchev–Trinajstić information content (AvgIpc) is 3.85. The van der Waals surface area contributed by atoms with Gasteiger partial charge < -0.3 is 15.4 Å². The number of ether oxygens (including phenoxy) is 1. The quantitative estimate of drug-likeness (QED) is 0.238. The minimum atomic E-state index is -0.918. The van der Waals surface area contributed by atoms with Crippen molar-refractivity contribution in [2.75, 3.05) is 7.11 Å². The van der Waals surface area contributed by atoms with Gasteiger partial charge in [0.25, 0.3) is 0 Å². The number of carbonyl (C=O) groups excluding carboxylic acids is 1. The second-order valence-corrected chi connectivity index (χ2v) is 13.8. The molecule has 0 saturated heterocycles. The van der Waals surface area contributed by atoms with Crippen LogP contribution in [0.2, 0.25) is 0 Å². The molecular weight excluding hydrogens is 547 g/mol. The Labute approximate surface area is 268 Å². The van der Waals surface area contributed by atoms with E-state index in [2.05, 4.69) is 82.5 Å². The molecule has 1 amide bonds. The fourth-order valence-corrected chi connectivity index (χ4v) is 5.51. The van der Waals surface area contributed by atoms with Gasteiger partial charge in [-0.2, -0.15) is 0 Å². The number of nitrogens with one attached hydrogen (secondary N) is 2. The average molecular weight is 609 g/mol. The van der Waals surface area contributed by atoms with Crippen molar-refractivity contribution in [2.24, 2.45) is 23.7 Å². The standard InChI is InChI=1S/C24H37FN2O2.C12H18.C3H6/c1-14(2)10-15(3)17(5)23-18(6)24(28)27-22(26-23)13-19-8-9-20(11-16(4)25)21(12-19)29-7;1-11(2)7-6-10-12-8-4-3-5-9-12;1-2-3-1/h8-9,12,14-17,22,26H,10-11,13H2,1-7H3,(H,27,28);3-5,8-9,11H,6-7,10H2,1-2H3;1-3H2. The van der Waals surface area contributed by atoms with Crippen LogP contribution in [0.3, 0.4) is 0 Å². The van der Waals surface area contributed by atoms with Gasteiger partial charge in [-0.05, 0) is 79.5 Å². The molecule has 44 heavy (non-hydrogen) atoms. The molecule has 2 aromatic rings. The van der Waals surface area contributed by atoms with Crippen molar-refractivity contribution < 1.29 is 13.9 Å². The fraction of sp³-hybridized carbons (Fsp3) is 0.615. The Morgan fingerprint density at radius 2 is 1.55 bits per heavy atom. The molecule has 1 aliphatic heterocycles. The highest BCUT2D eigenvalue weighted by Gasteiger charge is 2.29. The highest BCUT2D eigenvalue weighted by atomic mass is 19.1. The maximum absolute atomic E-state index is 13.4. The monoisotopic (exact) mass is 608 g/mol. The number of aryl methyl sites for hydroxylation is 1. The van der Waals surface area contributed by atoms with Gasteiger partial charge in [-0.3, -0.25) is 4.79 Å². The van der Waals surface area contributed by atoms with Crippen molar-refractivity contribution in [1.29, 1.82) is 0 Å². The van der Waals surface area contributed by atoms with Crippen LogP contribution in [0.5, 0.6) is 5.75 Å². The van der Waals surface area contributed by atoms with E-state index in [1.54, 1.807) is 14.0 Å². The van der Waals surface area contributed by atoms with Crippen LogP contribution < -0.4 is 15.4 Å². The van der Waals surface area contributed by atoms with Crippen LogP contribution in [0.15, 0.2) is 59.8 Å². The summed E-state index contributed by atoms with van der Waals surface area (Å²) in [7, 11) is 1.61. The first-order valence-corrected chi connectivity index (χ1v) is 17.0. The zero-order valence-corrected chi connectivity index (χ0v) is 29.1. The van der Waals surface area contributed by atoms with Gasteiger partial charge >= 0.3 is 0 Å². The lowest BCUT2D eigenvalue weighted by Gasteiger charge is -2.34. The van der Waals surface area contributed by atoms with Crippen LogP contribution in [-0.2, 0) is 24.1 Å². The summed E-state index contributed by atoms with van der Waals surface area (Å²) >= 11 is 0. The molecule has 1 heterocycles. The number of rotatable bonds is 13. The molecular formula is C39H61FN2O2. The summed E-state index contributed by atoms with van der Waals surface area (Å²) in [6.07, 6.45) is 9.40. The maximum atomic E-state index is 13.4. The number of allylic oxidation sites excluding steroid dienone is 1. The third kappa shape index (κ3) is 14.3. The number of benzene rings is 2. The number of amides is 1. The van der Waals surface area contributed by atoms with E-state index in [4.69, 9.17) is 4.74 Å². The lowest BCUT2D eigenvalue weighted by Crippen LogP contribution is -2.52. The summed E-state index contributed by atoms with van der Waals surface area (Å²) in [6, 6.07) is 16.6. The third-order valence-electron chi connectivity index (χ3n) is 8.27. The second-order valence-electron chi connectivity index (χ2n) is 13.8. The van der Waals surface area contributed by atoms with Crippen molar-refractivity contribution in [3.05, 3.63) is 76.5 Å². The summed E-state index contributed by atoms with van der Waals surface area (Å²) in [5.74, 6) is 2.92. The summed E-state index contributed by atoms with van der Waals surface area (Å²) in [6.45, 7) is 16.9. The Bertz CT molecular complexity index is 1140. The van der Waals surface area contributed by atoms with Gasteiger partial charge in [0.2, 0.25) is 5.91 Å². The molecule has 0 aromatic heterocycles. The Kier molecular flexibility index (Phi) is 16.6. The van der Waals surface area contributed by atoms with Gasteiger partial charge in [-0.1, -0.05) is 110 Å². The van der Waals surface area contributed by atoms with E-state index in [0.29, 0.717) is 30.4 Å². The van der Waals surface area contributed by atoms with Crippen molar-refractivity contribution in [3.8, 4) is 5.75 Å². The fourth-order valence-electron chi connectivity index (χ4n) is 5.51. The van der Waals surface area contributed by atoms with Crippen molar-refractivity contribution in [1.82, 2.24) is 10.6 Å². The highest BCUT2D eigenvalue weighted by molar-refractivity contribution is 5.94. The molecule has 1 aliphatic carbocycles. The Morgan fingerprint density at radius 3 is 2.09 bits per heavy atom. The van der Waals surface area contributed by atoms with E-state index in [-0.39, 0.29) is 18.0 Å². The summed E-state index contributed by atoms with van der Waals surface area (Å²) in [4.78, 5) is 12.6. The lowest BCUT2D eigenvalue weighted by molar-refractivity contribution is -0.119. The molecule has 0 spiro atoms. The molecule has 4 unspecified atom stereocenters. The molecule has 4 atom stereocenters. The smallest absolute Gasteiger partial charge is 0.250 e. The van der Waals surface area contributed by atoms with E-state index >= 15 is 0 Å². The first kappa shape index (κ1) is 37.4. The Morgan fingerprint density at radius 1 is 0.886 bits per heavy atom. The SMILES string of the molecule is C1CC1.CC(C)CCCc1ccccc1.COc1cc(CC2NC(=O)C(C)=C(C(C)C(C)CC(C)C)N2)ccc1CC(C)F. The number of hydrogen-bond acceptors (Lipinski definition) is 3. The van der Waals surface area contributed by atoms with Crippen LogP contribution in [0, 0.1) is 23.7 Å². The zero-order chi connectivity index (χ0) is 32.6. The summed E-state index contributed by atoms with van der Waals surface area (Å²) in [5.41, 5.74) is 5.19. The van der Waals surface area contributed by atoms with Gasteiger partial charge in [0, 0.05) is 24.1 Å². The Balaban J connectivity index is 0.000000367. The van der Waals surface area contributed by atoms with Crippen LogP contribution >= 0.6 is 0 Å². The molecule has 0 bridgehead atoms. The largest absolute Gasteiger partial charge is 0.496 e. The number of methoxy groups -OCH3 is 1. The number of carbonyl (C=O) groups is 1. The second kappa shape index (κ2) is 19.5. The van der Waals surface area contributed by atoms with E-state index in [0.717, 1.165) is 34.7 Å². The lowest BCUT2D eigenvalue weighted by atomic mass is 9.84. The molecule has 2 aromatic carbocycles. The molecule has 5 heteroatoms. The molecule has 246 valence electrons. The minimum absolute atomic E-state index is 0.0119. The predicted octanol–water partition coefficient (Wildman–Crippen LogP) is 9.61. The van der Waals surface area contributed by atoms with Crippen molar-refractivity contribution in [2.45, 2.75) is 126 Å². The van der Waals surface area contributed by atoms with Crippen LogP contribution in [0.1, 0.15) is 111 Å². The first-order chi connectivity index (χ1) is 20.9. The predicted molar refractivity (Wildman–Crippen MR) is 185 cm³/mol. The van der Waals surface area contributed by atoms with Gasteiger partial charge in [-0.15, -0.1) is 0 Å². The summed E-state index contributed by atoms with van der Waals surface area (Å²) in [5, 5.41) is 6.62. The van der Waals surface area contributed by atoms with Crippen LogP contribution in [-0.4, -0.2) is 25.4 Å². The van der Waals surface area contributed by atoms with Crippen LogP contribution in [0.25, 0.3) is 0 Å². The van der Waals surface area contributed by atoms with E-state index in [1.165, 1.54) is 44.1 Å². The van der Waals surface area contributed by atoms with E-state index < -0.39 is 6.17 Å². The molecule has 1 fully saturated rings. The molecule has 2 aliphatic rings.